The molecule has 0 aliphatic heterocycles. The molecule has 0 bridgehead atoms. The molecule has 0 aromatic heterocycles. The van der Waals surface area contributed by atoms with Gasteiger partial charge in [0, 0.05) is 14.7 Å². The van der Waals surface area contributed by atoms with E-state index in [1.807, 2.05) is 0 Å². The predicted octanol–water partition coefficient (Wildman–Crippen LogP) is 5.58. The minimum atomic E-state index is -6.42. The van der Waals surface area contributed by atoms with Gasteiger partial charge in [-0.2, -0.15) is 21.6 Å². The van der Waals surface area contributed by atoms with Gasteiger partial charge in [0.15, 0.2) is 0 Å². The molecular weight excluding hydrogens is 738 g/mol. The maximum absolute atomic E-state index is 13.3. The standard InChI is InChI=1S/C18H22O19P6S/c19-38(20,21)32-39(22,23)33-40(24,25)34-41(26,27)35-42(28,29)36-43(30,31)37-44(16-10-4-1-5-11-16,17-12-6-2-7-13-17)18-14-8-3-9-15-18/h1-15H,(H,22,23)(H,24,25)(H,26,27)(H,28,29)(H,30,31)(H2,19,20,21). The molecule has 0 aliphatic rings. The summed E-state index contributed by atoms with van der Waals surface area (Å²) in [7, 11) is -40.3. The largest absolute Gasteiger partial charge is 0.491 e. The lowest BCUT2D eigenvalue weighted by molar-refractivity contribution is 0.186. The van der Waals surface area contributed by atoms with Gasteiger partial charge in [-0.05, 0) is 46.7 Å². The van der Waals surface area contributed by atoms with Crippen LogP contribution in [0.1, 0.15) is 0 Å². The number of hydrogen-bond acceptors (Lipinski definition) is 12. The van der Waals surface area contributed by atoms with Gasteiger partial charge in [-0.1, -0.05) is 54.6 Å². The van der Waals surface area contributed by atoms with E-state index < -0.39 is 57.2 Å². The van der Waals surface area contributed by atoms with Crippen LogP contribution in [0.15, 0.2) is 106 Å². The van der Waals surface area contributed by atoms with E-state index in [1.165, 1.54) is 36.4 Å². The van der Waals surface area contributed by atoms with E-state index >= 15 is 0 Å². The van der Waals surface area contributed by atoms with Crippen LogP contribution in [0.4, 0.5) is 0 Å². The van der Waals surface area contributed by atoms with E-state index in [1.54, 1.807) is 54.6 Å². The summed E-state index contributed by atoms with van der Waals surface area (Å²) >= 11 is 0. The zero-order valence-corrected chi connectivity index (χ0v) is 27.5. The van der Waals surface area contributed by atoms with Crippen LogP contribution in [0.5, 0.6) is 0 Å². The Morgan fingerprint density at radius 3 is 0.909 bits per heavy atom. The molecule has 3 aromatic rings. The van der Waals surface area contributed by atoms with Gasteiger partial charge in [-0.15, -0.1) is 0 Å². The first kappa shape index (κ1) is 37.3. The van der Waals surface area contributed by atoms with Gasteiger partial charge in [0.25, 0.3) is 0 Å². The molecule has 0 amide bonds. The maximum Gasteiger partial charge on any atom is 0.491 e. The molecule has 3 aromatic carbocycles. The fourth-order valence-corrected chi connectivity index (χ4v) is 15.0. The van der Waals surface area contributed by atoms with E-state index in [-0.39, 0.29) is 14.7 Å². The molecule has 44 heavy (non-hydrogen) atoms. The summed E-state index contributed by atoms with van der Waals surface area (Å²) in [6, 6.07) is 23.4. The van der Waals surface area contributed by atoms with Crippen molar-refractivity contribution >= 4 is 57.2 Å². The Morgan fingerprint density at radius 2 is 0.636 bits per heavy atom. The van der Waals surface area contributed by atoms with E-state index in [9.17, 15) is 47.0 Å². The number of hydrogen-bond donors (Lipinski definition) is 7. The van der Waals surface area contributed by atoms with Crippen molar-refractivity contribution in [2.45, 2.75) is 14.7 Å². The molecule has 7 N–H and O–H groups in total. The quantitative estimate of drug-likeness (QED) is 0.0930. The van der Waals surface area contributed by atoms with Crippen LogP contribution in [0, 0.1) is 0 Å². The summed E-state index contributed by atoms with van der Waals surface area (Å²) < 4.78 is 95.7. The molecule has 5 atom stereocenters. The normalized spacial score (nSPS) is 19.8. The SMILES string of the molecule is O=P(O)(O)OP(=O)(O)OP(=O)(O)OP(=O)(O)OP(=O)(O)OP(=O)(O)OS(c1ccccc1)(c1ccccc1)c1ccccc1. The first-order valence-corrected chi connectivity index (χ1v) is 21.6. The Morgan fingerprint density at radius 1 is 0.386 bits per heavy atom. The average molecular weight is 760 g/mol. The van der Waals surface area contributed by atoms with E-state index in [4.69, 9.17) is 18.7 Å². The highest BCUT2D eigenvalue weighted by molar-refractivity contribution is 8.31. The van der Waals surface area contributed by atoms with Crippen LogP contribution in [0.2, 0.25) is 0 Å². The summed E-state index contributed by atoms with van der Waals surface area (Å²) in [5.74, 6) is 0. The Labute approximate surface area is 249 Å². The zero-order valence-electron chi connectivity index (χ0n) is 21.3. The van der Waals surface area contributed by atoms with E-state index in [2.05, 4.69) is 21.6 Å². The third-order valence-electron chi connectivity index (χ3n) is 4.47. The topological polar surface area (TPSA) is 299 Å². The van der Waals surface area contributed by atoms with Gasteiger partial charge in [0.05, 0.1) is 0 Å². The molecule has 0 heterocycles. The number of rotatable bonds is 15. The van der Waals surface area contributed by atoms with Crippen molar-refractivity contribution in [2.75, 3.05) is 0 Å². The van der Waals surface area contributed by atoms with Crippen LogP contribution >= 0.6 is 57.2 Å². The van der Waals surface area contributed by atoms with Gasteiger partial charge in [0.1, 0.15) is 0 Å². The van der Waals surface area contributed by atoms with Crippen LogP contribution in [-0.2, 0) is 52.9 Å². The molecule has 0 saturated heterocycles. The van der Waals surface area contributed by atoms with Gasteiger partial charge >= 0.3 is 46.9 Å². The lowest BCUT2D eigenvalue weighted by Crippen LogP contribution is -2.08. The Hall–Kier alpha value is -1.13. The molecule has 0 saturated carbocycles. The van der Waals surface area contributed by atoms with Crippen molar-refractivity contribution in [3.8, 4) is 0 Å². The molecule has 0 fully saturated rings. The van der Waals surface area contributed by atoms with Crippen molar-refractivity contribution in [1.29, 1.82) is 0 Å². The first-order chi connectivity index (χ1) is 20.1. The highest BCUT2D eigenvalue weighted by Gasteiger charge is 2.50. The number of benzene rings is 3. The summed E-state index contributed by atoms with van der Waals surface area (Å²) in [4.78, 5) is 66.9. The third kappa shape index (κ3) is 11.0. The molecule has 19 nitrogen and oxygen atoms in total. The second-order valence-electron chi connectivity index (χ2n) is 7.81. The zero-order chi connectivity index (χ0) is 33.1. The highest BCUT2D eigenvalue weighted by Crippen LogP contribution is 2.80. The van der Waals surface area contributed by atoms with Gasteiger partial charge in [-0.3, -0.25) is 0 Å². The number of phosphoric acid groups is 6. The molecule has 0 radical (unpaired) electrons. The Bertz CT molecular complexity index is 1640. The summed E-state index contributed by atoms with van der Waals surface area (Å²) in [6.07, 6.45) is 0. The minimum Gasteiger partial charge on any atom is -0.302 e. The van der Waals surface area contributed by atoms with Crippen molar-refractivity contribution in [2.24, 2.45) is 0 Å². The second-order valence-corrected chi connectivity index (χ2v) is 19.9. The van der Waals surface area contributed by atoms with Crippen LogP contribution in [-0.4, -0.2) is 34.3 Å². The minimum absolute atomic E-state index is 0.282. The average Bonchev–Trinajstić information content (AvgIpc) is 2.84. The third-order valence-corrected chi connectivity index (χ3v) is 17.2. The second kappa shape index (κ2) is 13.9. The van der Waals surface area contributed by atoms with Crippen molar-refractivity contribution in [3.05, 3.63) is 91.0 Å². The van der Waals surface area contributed by atoms with Crippen molar-refractivity contribution < 1.29 is 87.2 Å². The predicted molar refractivity (Wildman–Crippen MR) is 149 cm³/mol. The summed E-state index contributed by atoms with van der Waals surface area (Å²) in [6.45, 7) is 0. The molecular formula is C18H22O19P6S. The van der Waals surface area contributed by atoms with Crippen LogP contribution in [0.3, 0.4) is 0 Å². The van der Waals surface area contributed by atoms with E-state index in [0.717, 1.165) is 0 Å². The monoisotopic (exact) mass is 760 g/mol. The van der Waals surface area contributed by atoms with Crippen LogP contribution in [0.25, 0.3) is 0 Å². The Balaban J connectivity index is 1.93. The Kier molecular flexibility index (Phi) is 11.8. The van der Waals surface area contributed by atoms with Crippen molar-refractivity contribution in [1.82, 2.24) is 0 Å². The smallest absolute Gasteiger partial charge is 0.302 e. The molecule has 5 unspecified atom stereocenters. The van der Waals surface area contributed by atoms with Gasteiger partial charge < -0.3 is 34.3 Å². The molecule has 0 spiro atoms. The van der Waals surface area contributed by atoms with Gasteiger partial charge in [0.2, 0.25) is 0 Å². The lowest BCUT2D eigenvalue weighted by atomic mass is 10.4. The van der Waals surface area contributed by atoms with Crippen LogP contribution < -0.4 is 0 Å². The van der Waals surface area contributed by atoms with Gasteiger partial charge in [-0.25, -0.2) is 31.4 Å². The molecule has 3 rings (SSSR count). The molecule has 244 valence electrons. The van der Waals surface area contributed by atoms with Crippen molar-refractivity contribution in [3.63, 3.8) is 0 Å². The van der Waals surface area contributed by atoms with E-state index in [0.29, 0.717) is 0 Å². The lowest BCUT2D eigenvalue weighted by Gasteiger charge is -2.40. The fraction of sp³-hybridized carbons (Fsp3) is 0. The summed E-state index contributed by atoms with van der Waals surface area (Å²) in [5, 5.41) is 0. The maximum atomic E-state index is 13.3. The summed E-state index contributed by atoms with van der Waals surface area (Å²) in [5.41, 5.74) is 0. The highest BCUT2D eigenvalue weighted by atomic mass is 32.3. The molecule has 0 aliphatic carbocycles. The molecule has 26 heteroatoms. The first-order valence-electron chi connectivity index (χ1n) is 11.0. The fourth-order valence-electron chi connectivity index (χ4n) is 3.24.